The second-order valence-electron chi connectivity index (χ2n) is 10.9. The molecule has 4 aliphatic rings. The lowest BCUT2D eigenvalue weighted by Gasteiger charge is -2.50. The average molecular weight is 662 g/mol. The molecule has 11 heteroatoms. The van der Waals surface area contributed by atoms with Crippen LogP contribution in [0.5, 0.6) is 11.5 Å². The van der Waals surface area contributed by atoms with Gasteiger partial charge >= 0.3 is 0 Å². The number of aryl methyl sites for hydroxylation is 1. The predicted octanol–water partition coefficient (Wildman–Crippen LogP) is 4.88. The van der Waals surface area contributed by atoms with Gasteiger partial charge in [0.1, 0.15) is 0 Å². The van der Waals surface area contributed by atoms with E-state index in [9.17, 15) is 24.3 Å². The molecule has 0 spiro atoms. The Bertz CT molecular complexity index is 1530. The van der Waals surface area contributed by atoms with Crippen molar-refractivity contribution in [3.8, 4) is 11.5 Å². The number of carbonyl (C=O) groups excluding carboxylic acids is 4. The number of allylic oxidation sites excluding steroid dienone is 2. The van der Waals surface area contributed by atoms with Gasteiger partial charge in [0.15, 0.2) is 21.2 Å². The molecule has 8 nitrogen and oxygen atoms in total. The molecule has 0 radical (unpaired) electrons. The molecule has 214 valence electrons. The Labute approximate surface area is 255 Å². The molecule has 6 atom stereocenters. The fraction of sp³-hybridized carbons (Fsp3) is 0.400. The highest BCUT2D eigenvalue weighted by Gasteiger charge is 2.76. The lowest BCUT2D eigenvalue weighted by Crippen LogP contribution is -2.60. The first-order valence-corrected chi connectivity index (χ1v) is 15.2. The van der Waals surface area contributed by atoms with Gasteiger partial charge in [-0.3, -0.25) is 29.0 Å². The number of alkyl halides is 3. The summed E-state index contributed by atoms with van der Waals surface area (Å²) in [6.45, 7) is 2.02. The van der Waals surface area contributed by atoms with Crippen molar-refractivity contribution in [3.63, 3.8) is 0 Å². The summed E-state index contributed by atoms with van der Waals surface area (Å²) in [5, 5.41) is 10.3. The summed E-state index contributed by atoms with van der Waals surface area (Å²) in [6.07, 6.45) is 2.87. The maximum Gasteiger partial charge on any atom is 0.254 e. The average Bonchev–Trinajstić information content (AvgIpc) is 3.31. The molecule has 1 N–H and O–H groups in total. The number of rotatable bonds is 5. The van der Waals surface area contributed by atoms with Crippen LogP contribution in [0.4, 0.5) is 5.69 Å². The van der Waals surface area contributed by atoms with Crippen LogP contribution in [-0.2, 0) is 25.6 Å². The second kappa shape index (κ2) is 9.85. The number of amides is 4. The van der Waals surface area contributed by atoms with E-state index in [1.54, 1.807) is 24.3 Å². The first kappa shape index (κ1) is 28.2. The monoisotopic (exact) mass is 660 g/mol. The molecule has 2 aromatic rings. The van der Waals surface area contributed by atoms with Gasteiger partial charge in [-0.05, 0) is 60.6 Å². The van der Waals surface area contributed by atoms with Crippen molar-refractivity contribution in [2.24, 2.45) is 17.8 Å². The van der Waals surface area contributed by atoms with Crippen LogP contribution in [0.25, 0.3) is 0 Å². The van der Waals surface area contributed by atoms with Gasteiger partial charge in [0.2, 0.25) is 11.8 Å². The molecule has 1 saturated carbocycles. The number of hydrogen-bond acceptors (Lipinski definition) is 6. The Balaban J connectivity index is 1.50. The number of benzene rings is 2. The Morgan fingerprint density at radius 1 is 1.02 bits per heavy atom. The number of aromatic hydroxyl groups is 1. The molecule has 2 aromatic carbocycles. The highest BCUT2D eigenvalue weighted by molar-refractivity contribution is 9.09. The van der Waals surface area contributed by atoms with E-state index in [0.717, 1.165) is 16.9 Å². The minimum absolute atomic E-state index is 0.0908. The van der Waals surface area contributed by atoms with Gasteiger partial charge < -0.3 is 9.84 Å². The number of hydrogen-bond donors (Lipinski definition) is 1. The Kier molecular flexibility index (Phi) is 6.79. The number of fused-ring (bicyclic) bond motifs is 4. The number of likely N-dealkylation sites (tertiary alicyclic amines) is 1. The Hall–Kier alpha value is -2.88. The minimum atomic E-state index is -1.92. The van der Waals surface area contributed by atoms with Crippen LogP contribution in [0.3, 0.4) is 0 Å². The van der Waals surface area contributed by atoms with Crippen molar-refractivity contribution in [2.45, 2.75) is 41.9 Å². The van der Waals surface area contributed by atoms with Crippen LogP contribution in [0.2, 0.25) is 0 Å². The molecule has 2 saturated heterocycles. The maximum atomic E-state index is 14.1. The van der Waals surface area contributed by atoms with Gasteiger partial charge in [0.05, 0.1) is 30.1 Å². The molecule has 2 aliphatic heterocycles. The van der Waals surface area contributed by atoms with Crippen LogP contribution in [0, 0.1) is 17.8 Å². The predicted molar refractivity (Wildman–Crippen MR) is 156 cm³/mol. The van der Waals surface area contributed by atoms with E-state index in [1.807, 2.05) is 25.1 Å². The molecule has 0 aromatic heterocycles. The Morgan fingerprint density at radius 3 is 2.37 bits per heavy atom. The summed E-state index contributed by atoms with van der Waals surface area (Å²) >= 11 is 17.7. The third-order valence-electron chi connectivity index (χ3n) is 9.15. The molecule has 0 bridgehead atoms. The molecule has 2 heterocycles. The van der Waals surface area contributed by atoms with E-state index < -0.39 is 45.2 Å². The molecule has 6 rings (SSSR count). The van der Waals surface area contributed by atoms with E-state index in [4.69, 9.17) is 27.9 Å². The lowest BCUT2D eigenvalue weighted by molar-refractivity contribution is -0.138. The van der Waals surface area contributed by atoms with Crippen molar-refractivity contribution in [3.05, 3.63) is 65.2 Å². The Morgan fingerprint density at radius 2 is 1.73 bits per heavy atom. The van der Waals surface area contributed by atoms with Crippen molar-refractivity contribution in [1.82, 2.24) is 4.90 Å². The smallest absolute Gasteiger partial charge is 0.254 e. The van der Waals surface area contributed by atoms with Crippen molar-refractivity contribution >= 4 is 68.4 Å². The minimum Gasteiger partial charge on any atom is -0.504 e. The topological polar surface area (TPSA) is 104 Å². The van der Waals surface area contributed by atoms with Crippen LogP contribution < -0.4 is 9.64 Å². The number of halogens is 3. The van der Waals surface area contributed by atoms with Gasteiger partial charge in [0, 0.05) is 5.92 Å². The third-order valence-corrected chi connectivity index (χ3v) is 11.1. The summed E-state index contributed by atoms with van der Waals surface area (Å²) in [5.41, 5.74) is 2.64. The van der Waals surface area contributed by atoms with Gasteiger partial charge in [0.25, 0.3) is 11.8 Å². The van der Waals surface area contributed by atoms with E-state index in [-0.39, 0.29) is 41.6 Å². The van der Waals surface area contributed by atoms with Gasteiger partial charge in [-0.2, -0.15) is 0 Å². The zero-order valence-corrected chi connectivity index (χ0v) is 25.4. The van der Waals surface area contributed by atoms with Gasteiger partial charge in [-0.25, -0.2) is 0 Å². The van der Waals surface area contributed by atoms with Crippen molar-refractivity contribution < 1.29 is 29.0 Å². The van der Waals surface area contributed by atoms with Gasteiger partial charge in [-0.1, -0.05) is 52.7 Å². The quantitative estimate of drug-likeness (QED) is 0.212. The van der Waals surface area contributed by atoms with Gasteiger partial charge in [-0.15, -0.1) is 23.2 Å². The van der Waals surface area contributed by atoms with Crippen LogP contribution >= 0.6 is 39.1 Å². The molecule has 2 aliphatic carbocycles. The van der Waals surface area contributed by atoms with E-state index in [0.29, 0.717) is 16.8 Å². The molecule has 0 unspecified atom stereocenters. The second-order valence-corrected chi connectivity index (χ2v) is 12.7. The van der Waals surface area contributed by atoms with E-state index in [2.05, 4.69) is 15.9 Å². The molecular weight excluding hydrogens is 635 g/mol. The SMILES string of the molecule is CCc1ccc(N2C(=O)[C@H]3[C@H](CC=C4[C@H]3C[C@@]3(Cl)C(=O)N(CBr)C(=O)[C@@]3(Cl)[C@H]4c3ccc(O)c(OC)c3)C2=O)cc1. The maximum absolute atomic E-state index is 14.1. The van der Waals surface area contributed by atoms with Crippen molar-refractivity contribution in [2.75, 3.05) is 17.5 Å². The molecular formula is C30H27BrCl2N2O6. The number of nitrogens with zero attached hydrogens (tertiary/aromatic N) is 2. The number of ether oxygens (including phenoxy) is 1. The van der Waals surface area contributed by atoms with Crippen LogP contribution in [0.15, 0.2) is 54.1 Å². The third kappa shape index (κ3) is 3.71. The van der Waals surface area contributed by atoms with Crippen LogP contribution in [0.1, 0.15) is 36.8 Å². The highest BCUT2D eigenvalue weighted by atomic mass is 79.9. The summed E-state index contributed by atoms with van der Waals surface area (Å²) < 4.78 is 5.33. The summed E-state index contributed by atoms with van der Waals surface area (Å²) in [5.74, 6) is -4.92. The van der Waals surface area contributed by atoms with E-state index >= 15 is 0 Å². The first-order valence-electron chi connectivity index (χ1n) is 13.4. The fourth-order valence-corrected chi connectivity index (χ4v) is 8.56. The first-order chi connectivity index (χ1) is 19.5. The number of imide groups is 2. The zero-order valence-electron chi connectivity index (χ0n) is 22.3. The standard InChI is InChI=1S/C30H27BrCl2N2O6/c1-3-15-4-7-17(8-5-15)35-25(37)19-10-9-18-20(23(19)26(35)38)13-29(32)27(39)34(14-31)28(40)30(29,33)24(18)16-6-11-21(36)22(12-16)41-2/h4-9,11-12,19-20,23-24,36H,3,10,13-14H2,1-2H3/t19-,20+,23-,24-,29+,30-/m0/s1. The largest absolute Gasteiger partial charge is 0.504 e. The number of phenolic OH excluding ortho intramolecular Hbond substituents is 1. The molecule has 41 heavy (non-hydrogen) atoms. The summed E-state index contributed by atoms with van der Waals surface area (Å²) in [7, 11) is 1.40. The molecule has 4 amide bonds. The number of anilines is 1. The molecule has 3 fully saturated rings. The van der Waals surface area contributed by atoms with E-state index in [1.165, 1.54) is 18.1 Å². The van der Waals surface area contributed by atoms with Crippen LogP contribution in [-0.4, -0.2) is 55.9 Å². The summed E-state index contributed by atoms with van der Waals surface area (Å²) in [6, 6.07) is 11.9. The fourth-order valence-electron chi connectivity index (χ4n) is 7.14. The summed E-state index contributed by atoms with van der Waals surface area (Å²) in [4.78, 5) is 53.7. The van der Waals surface area contributed by atoms with Crippen molar-refractivity contribution in [1.29, 1.82) is 0 Å². The lowest BCUT2D eigenvalue weighted by atomic mass is 9.56. The highest BCUT2D eigenvalue weighted by Crippen LogP contribution is 2.65. The number of carbonyl (C=O) groups is 4. The zero-order chi connectivity index (χ0) is 29.4. The number of phenols is 1. The number of methoxy groups -OCH3 is 1. The normalized spacial score (nSPS) is 32.6.